The zero-order valence-electron chi connectivity index (χ0n) is 9.27. The minimum absolute atomic E-state index is 0.0333. The van der Waals surface area contributed by atoms with Gasteiger partial charge in [0.05, 0.1) is 13.2 Å². The number of ether oxygens (including phenoxy) is 2. The summed E-state index contributed by atoms with van der Waals surface area (Å²) in [7, 11) is 0. The standard InChI is InChI=1S/C12H18O3/c1-10(2)9-15-12-5-3-11(4-6-12)14-8-7-13/h3-6,10,13H,7-9H2,1-2H3. The highest BCUT2D eigenvalue weighted by Crippen LogP contribution is 2.17. The molecule has 0 aliphatic heterocycles. The van der Waals surface area contributed by atoms with Crippen LogP contribution in [0.3, 0.4) is 0 Å². The van der Waals surface area contributed by atoms with Crippen LogP contribution in [-0.4, -0.2) is 24.9 Å². The van der Waals surface area contributed by atoms with Crippen molar-refractivity contribution in [3.05, 3.63) is 24.3 Å². The normalized spacial score (nSPS) is 10.4. The lowest BCUT2D eigenvalue weighted by Crippen LogP contribution is -2.04. The molecule has 1 aromatic rings. The molecule has 0 aliphatic rings. The zero-order valence-corrected chi connectivity index (χ0v) is 9.27. The van der Waals surface area contributed by atoms with Crippen LogP contribution in [0.5, 0.6) is 11.5 Å². The molecule has 0 radical (unpaired) electrons. The highest BCUT2D eigenvalue weighted by atomic mass is 16.5. The molecule has 0 atom stereocenters. The van der Waals surface area contributed by atoms with E-state index >= 15 is 0 Å². The van der Waals surface area contributed by atoms with Crippen molar-refractivity contribution in [3.63, 3.8) is 0 Å². The van der Waals surface area contributed by atoms with Gasteiger partial charge in [0.2, 0.25) is 0 Å². The van der Waals surface area contributed by atoms with Gasteiger partial charge in [0, 0.05) is 0 Å². The van der Waals surface area contributed by atoms with Crippen molar-refractivity contribution in [1.29, 1.82) is 0 Å². The van der Waals surface area contributed by atoms with Gasteiger partial charge in [-0.05, 0) is 30.2 Å². The molecule has 1 aromatic carbocycles. The van der Waals surface area contributed by atoms with E-state index in [0.29, 0.717) is 12.5 Å². The van der Waals surface area contributed by atoms with Crippen molar-refractivity contribution in [3.8, 4) is 11.5 Å². The van der Waals surface area contributed by atoms with E-state index in [1.807, 2.05) is 24.3 Å². The van der Waals surface area contributed by atoms with E-state index in [2.05, 4.69) is 13.8 Å². The summed E-state index contributed by atoms with van der Waals surface area (Å²) in [5.74, 6) is 2.12. The summed E-state index contributed by atoms with van der Waals surface area (Å²) in [5.41, 5.74) is 0. The molecule has 1 N–H and O–H groups in total. The van der Waals surface area contributed by atoms with Gasteiger partial charge in [-0.15, -0.1) is 0 Å². The first-order valence-corrected chi connectivity index (χ1v) is 5.19. The Morgan fingerprint density at radius 3 is 2.07 bits per heavy atom. The second kappa shape index (κ2) is 6.30. The topological polar surface area (TPSA) is 38.7 Å². The van der Waals surface area contributed by atoms with E-state index in [4.69, 9.17) is 14.6 Å². The predicted octanol–water partition coefficient (Wildman–Crippen LogP) is 2.09. The van der Waals surface area contributed by atoms with E-state index in [-0.39, 0.29) is 6.61 Å². The Morgan fingerprint density at radius 2 is 1.60 bits per heavy atom. The van der Waals surface area contributed by atoms with Gasteiger partial charge in [-0.3, -0.25) is 0 Å². The quantitative estimate of drug-likeness (QED) is 0.781. The number of hydrogen-bond donors (Lipinski definition) is 1. The van der Waals surface area contributed by atoms with Gasteiger partial charge in [0.1, 0.15) is 18.1 Å². The summed E-state index contributed by atoms with van der Waals surface area (Å²) in [6.07, 6.45) is 0. The van der Waals surface area contributed by atoms with E-state index < -0.39 is 0 Å². The lowest BCUT2D eigenvalue weighted by molar-refractivity contribution is 0.201. The van der Waals surface area contributed by atoms with Gasteiger partial charge < -0.3 is 14.6 Å². The third kappa shape index (κ3) is 4.70. The average Bonchev–Trinajstić information content (AvgIpc) is 2.25. The number of rotatable bonds is 6. The lowest BCUT2D eigenvalue weighted by Gasteiger charge is -2.09. The van der Waals surface area contributed by atoms with E-state index in [0.717, 1.165) is 18.1 Å². The smallest absolute Gasteiger partial charge is 0.119 e. The Labute approximate surface area is 90.6 Å². The molecule has 0 heterocycles. The Kier molecular flexibility index (Phi) is 4.98. The summed E-state index contributed by atoms with van der Waals surface area (Å²) < 4.78 is 10.8. The molecule has 0 fully saturated rings. The fraction of sp³-hybridized carbons (Fsp3) is 0.500. The minimum Gasteiger partial charge on any atom is -0.493 e. The largest absolute Gasteiger partial charge is 0.493 e. The van der Waals surface area contributed by atoms with Gasteiger partial charge in [0.15, 0.2) is 0 Å². The van der Waals surface area contributed by atoms with Crippen molar-refractivity contribution in [2.45, 2.75) is 13.8 Å². The number of hydrogen-bond acceptors (Lipinski definition) is 3. The minimum atomic E-state index is 0.0333. The Balaban J connectivity index is 2.41. The maximum Gasteiger partial charge on any atom is 0.119 e. The summed E-state index contributed by atoms with van der Waals surface area (Å²) in [6.45, 7) is 5.30. The first kappa shape index (κ1) is 11.9. The van der Waals surface area contributed by atoms with Crippen LogP contribution in [0.2, 0.25) is 0 Å². The van der Waals surface area contributed by atoms with Crippen molar-refractivity contribution in [2.24, 2.45) is 5.92 Å². The third-order valence-corrected chi connectivity index (χ3v) is 1.77. The summed E-state index contributed by atoms with van der Waals surface area (Å²) in [5, 5.41) is 8.58. The molecule has 0 spiro atoms. The number of aliphatic hydroxyl groups excluding tert-OH is 1. The Bertz CT molecular complexity index is 267. The fourth-order valence-corrected chi connectivity index (χ4v) is 1.06. The van der Waals surface area contributed by atoms with Crippen molar-refractivity contribution < 1.29 is 14.6 Å². The Hall–Kier alpha value is -1.22. The lowest BCUT2D eigenvalue weighted by atomic mass is 10.2. The molecular formula is C12H18O3. The summed E-state index contributed by atoms with van der Waals surface area (Å²) >= 11 is 0. The van der Waals surface area contributed by atoms with Gasteiger partial charge in [-0.2, -0.15) is 0 Å². The number of aliphatic hydroxyl groups is 1. The van der Waals surface area contributed by atoms with Crippen molar-refractivity contribution in [2.75, 3.05) is 19.8 Å². The van der Waals surface area contributed by atoms with E-state index in [9.17, 15) is 0 Å². The van der Waals surface area contributed by atoms with Crippen LogP contribution in [-0.2, 0) is 0 Å². The molecule has 0 amide bonds. The number of benzene rings is 1. The van der Waals surface area contributed by atoms with Crippen LogP contribution in [0.15, 0.2) is 24.3 Å². The van der Waals surface area contributed by atoms with E-state index in [1.165, 1.54) is 0 Å². The van der Waals surface area contributed by atoms with Gasteiger partial charge in [-0.25, -0.2) is 0 Å². The van der Waals surface area contributed by atoms with Crippen LogP contribution in [0.1, 0.15) is 13.8 Å². The van der Waals surface area contributed by atoms with Crippen LogP contribution in [0.25, 0.3) is 0 Å². The Morgan fingerprint density at radius 1 is 1.07 bits per heavy atom. The summed E-state index contributed by atoms with van der Waals surface area (Å²) in [6, 6.07) is 7.42. The predicted molar refractivity (Wildman–Crippen MR) is 59.4 cm³/mol. The molecule has 3 nitrogen and oxygen atoms in total. The molecular weight excluding hydrogens is 192 g/mol. The third-order valence-electron chi connectivity index (χ3n) is 1.77. The molecule has 15 heavy (non-hydrogen) atoms. The van der Waals surface area contributed by atoms with Crippen molar-refractivity contribution in [1.82, 2.24) is 0 Å². The molecule has 0 aromatic heterocycles. The first-order valence-electron chi connectivity index (χ1n) is 5.19. The molecule has 0 aliphatic carbocycles. The highest BCUT2D eigenvalue weighted by Gasteiger charge is 1.98. The molecule has 0 saturated heterocycles. The van der Waals surface area contributed by atoms with Crippen LogP contribution in [0.4, 0.5) is 0 Å². The van der Waals surface area contributed by atoms with Gasteiger partial charge in [-0.1, -0.05) is 13.8 Å². The second-order valence-corrected chi connectivity index (χ2v) is 3.75. The van der Waals surface area contributed by atoms with E-state index in [1.54, 1.807) is 0 Å². The molecule has 0 unspecified atom stereocenters. The van der Waals surface area contributed by atoms with Crippen LogP contribution >= 0.6 is 0 Å². The average molecular weight is 210 g/mol. The monoisotopic (exact) mass is 210 g/mol. The van der Waals surface area contributed by atoms with Gasteiger partial charge >= 0.3 is 0 Å². The fourth-order valence-electron chi connectivity index (χ4n) is 1.06. The first-order chi connectivity index (χ1) is 7.22. The molecule has 0 bridgehead atoms. The maximum absolute atomic E-state index is 8.58. The molecule has 84 valence electrons. The summed E-state index contributed by atoms with van der Waals surface area (Å²) in [4.78, 5) is 0. The zero-order chi connectivity index (χ0) is 11.1. The highest BCUT2D eigenvalue weighted by molar-refractivity contribution is 5.31. The molecule has 0 saturated carbocycles. The van der Waals surface area contributed by atoms with Crippen molar-refractivity contribution >= 4 is 0 Å². The molecule has 1 rings (SSSR count). The van der Waals surface area contributed by atoms with Gasteiger partial charge in [0.25, 0.3) is 0 Å². The van der Waals surface area contributed by atoms with Crippen LogP contribution < -0.4 is 9.47 Å². The SMILES string of the molecule is CC(C)COc1ccc(OCCO)cc1. The second-order valence-electron chi connectivity index (χ2n) is 3.75. The maximum atomic E-state index is 8.58. The molecule has 3 heteroatoms. The van der Waals surface area contributed by atoms with Crippen LogP contribution in [0, 0.1) is 5.92 Å².